The van der Waals surface area contributed by atoms with Gasteiger partial charge in [0.15, 0.2) is 0 Å². The van der Waals surface area contributed by atoms with Gasteiger partial charge in [0, 0.05) is 6.54 Å². The number of rotatable bonds is 3. The highest BCUT2D eigenvalue weighted by Crippen LogP contribution is 2.54. The summed E-state index contributed by atoms with van der Waals surface area (Å²) >= 11 is 0. The van der Waals surface area contributed by atoms with Crippen LogP contribution >= 0.6 is 0 Å². The molecule has 0 aromatic heterocycles. The summed E-state index contributed by atoms with van der Waals surface area (Å²) < 4.78 is 0. The second kappa shape index (κ2) is 4.20. The Bertz CT molecular complexity index is 356. The summed E-state index contributed by atoms with van der Waals surface area (Å²) in [5.74, 6) is 2.09. The van der Waals surface area contributed by atoms with Crippen molar-refractivity contribution in [2.75, 3.05) is 6.54 Å². The Morgan fingerprint density at radius 3 is 2.72 bits per heavy atom. The topological polar surface area (TPSA) is 66.6 Å². The monoisotopic (exact) mass is 252 g/mol. The molecule has 3 fully saturated rings. The first kappa shape index (κ1) is 12.4. The smallest absolute Gasteiger partial charge is 0.239 e. The Balaban J connectivity index is 1.72. The molecule has 0 spiro atoms. The first-order valence-corrected chi connectivity index (χ1v) is 7.23. The van der Waals surface area contributed by atoms with Crippen LogP contribution in [0.4, 0.5) is 0 Å². The fourth-order valence-electron chi connectivity index (χ4n) is 4.49. The maximum absolute atomic E-state index is 12.4. The second-order valence-corrected chi connectivity index (χ2v) is 6.86. The lowest BCUT2D eigenvalue weighted by Crippen LogP contribution is -2.50. The largest absolute Gasteiger partial charge is 0.391 e. The van der Waals surface area contributed by atoms with Crippen molar-refractivity contribution in [2.24, 2.45) is 29.4 Å². The van der Waals surface area contributed by atoms with E-state index in [1.807, 2.05) is 4.90 Å². The Kier molecular flexibility index (Phi) is 2.90. The van der Waals surface area contributed by atoms with Crippen molar-refractivity contribution in [2.45, 2.75) is 51.3 Å². The predicted molar refractivity (Wildman–Crippen MR) is 68.6 cm³/mol. The molecule has 0 aromatic carbocycles. The predicted octanol–water partition coefficient (Wildman–Crippen LogP) is 0.587. The van der Waals surface area contributed by atoms with Gasteiger partial charge in [-0.25, -0.2) is 0 Å². The van der Waals surface area contributed by atoms with Crippen LogP contribution in [0.2, 0.25) is 0 Å². The lowest BCUT2D eigenvalue weighted by Gasteiger charge is -2.30. The number of carbonyl (C=O) groups excluding carboxylic acids is 1. The molecule has 2 saturated carbocycles. The minimum Gasteiger partial charge on any atom is -0.391 e. The molecule has 18 heavy (non-hydrogen) atoms. The van der Waals surface area contributed by atoms with E-state index in [1.54, 1.807) is 0 Å². The summed E-state index contributed by atoms with van der Waals surface area (Å²) in [4.78, 5) is 14.3. The van der Waals surface area contributed by atoms with Crippen LogP contribution in [0.3, 0.4) is 0 Å². The van der Waals surface area contributed by atoms with Crippen molar-refractivity contribution in [1.82, 2.24) is 4.90 Å². The Labute approximate surface area is 109 Å². The molecule has 4 heteroatoms. The number of hydrogen-bond donors (Lipinski definition) is 2. The number of aliphatic hydroxyl groups is 1. The van der Waals surface area contributed by atoms with Gasteiger partial charge in [-0.15, -0.1) is 0 Å². The zero-order valence-electron chi connectivity index (χ0n) is 11.2. The van der Waals surface area contributed by atoms with E-state index in [0.29, 0.717) is 23.7 Å². The number of nitrogens with two attached hydrogens (primary N) is 1. The molecule has 4 nitrogen and oxygen atoms in total. The summed E-state index contributed by atoms with van der Waals surface area (Å²) in [6.45, 7) is 5.00. The molecule has 1 heterocycles. The average Bonchev–Trinajstić information content (AvgIpc) is 2.87. The number of nitrogens with zero attached hydrogens (tertiary/aromatic N) is 1. The molecule has 3 rings (SSSR count). The van der Waals surface area contributed by atoms with Gasteiger partial charge < -0.3 is 15.7 Å². The third-order valence-corrected chi connectivity index (χ3v) is 5.17. The van der Waals surface area contributed by atoms with Crippen LogP contribution in [-0.4, -0.2) is 40.6 Å². The molecule has 1 amide bonds. The first-order chi connectivity index (χ1) is 8.49. The van der Waals surface area contributed by atoms with Crippen LogP contribution in [0, 0.1) is 23.7 Å². The lowest BCUT2D eigenvalue weighted by atomic mass is 9.88. The van der Waals surface area contributed by atoms with Gasteiger partial charge >= 0.3 is 0 Å². The van der Waals surface area contributed by atoms with Gasteiger partial charge in [0.1, 0.15) is 0 Å². The summed E-state index contributed by atoms with van der Waals surface area (Å²) in [6, 6.07) is -0.326. The number of carbonyl (C=O) groups is 1. The molecule has 102 valence electrons. The van der Waals surface area contributed by atoms with Crippen LogP contribution in [0.15, 0.2) is 0 Å². The highest BCUT2D eigenvalue weighted by atomic mass is 16.3. The Hall–Kier alpha value is -0.610. The summed E-state index contributed by atoms with van der Waals surface area (Å²) in [6.07, 6.45) is 2.64. The molecule has 1 aliphatic heterocycles. The first-order valence-electron chi connectivity index (χ1n) is 7.23. The minimum atomic E-state index is -0.395. The minimum absolute atomic E-state index is 0.0581. The van der Waals surface area contributed by atoms with E-state index in [9.17, 15) is 9.90 Å². The fraction of sp³-hybridized carbons (Fsp3) is 0.929. The van der Waals surface area contributed by atoms with Crippen molar-refractivity contribution in [3.63, 3.8) is 0 Å². The standard InChI is InChI=1S/C14H24N2O2/c1-7(2)3-11(15)14(18)16-6-9-4-8-5-10(9)12(16)13(8)17/h7-13,17H,3-6,15H2,1-2H3/t8?,9?,10?,11-,12?,13?/m1/s1. The SMILES string of the molecule is CC(C)C[C@@H](N)C(=O)N1CC2CC3CC2C1C3O. The van der Waals surface area contributed by atoms with Crippen molar-refractivity contribution in [1.29, 1.82) is 0 Å². The normalized spacial score (nSPS) is 42.9. The number of hydrogen-bond acceptors (Lipinski definition) is 3. The molecule has 3 N–H and O–H groups in total. The molecule has 0 aromatic rings. The molecule has 0 radical (unpaired) electrons. The van der Waals surface area contributed by atoms with E-state index in [1.165, 1.54) is 0 Å². The van der Waals surface area contributed by atoms with Gasteiger partial charge in [0.25, 0.3) is 0 Å². The Morgan fingerprint density at radius 2 is 2.11 bits per heavy atom. The number of amides is 1. The third-order valence-electron chi connectivity index (χ3n) is 5.17. The molecule has 6 atom stereocenters. The molecule has 5 unspecified atom stereocenters. The molecular weight excluding hydrogens is 228 g/mol. The van der Waals surface area contributed by atoms with Crippen LogP contribution < -0.4 is 5.73 Å². The van der Waals surface area contributed by atoms with Crippen molar-refractivity contribution >= 4 is 5.91 Å². The van der Waals surface area contributed by atoms with Crippen LogP contribution in [0.5, 0.6) is 0 Å². The van der Waals surface area contributed by atoms with Crippen LogP contribution in [-0.2, 0) is 4.79 Å². The highest BCUT2D eigenvalue weighted by Gasteiger charge is 2.60. The highest BCUT2D eigenvalue weighted by molar-refractivity contribution is 5.82. The van der Waals surface area contributed by atoms with E-state index in [0.717, 1.165) is 25.8 Å². The number of likely N-dealkylation sites (tertiary alicyclic amines) is 1. The number of fused-ring (bicyclic) bond motifs is 1. The Morgan fingerprint density at radius 1 is 1.39 bits per heavy atom. The van der Waals surface area contributed by atoms with Crippen molar-refractivity contribution < 1.29 is 9.90 Å². The van der Waals surface area contributed by atoms with E-state index in [4.69, 9.17) is 5.73 Å². The maximum atomic E-state index is 12.4. The van der Waals surface area contributed by atoms with Crippen molar-refractivity contribution in [3.05, 3.63) is 0 Å². The quantitative estimate of drug-likeness (QED) is 0.772. The molecule has 3 aliphatic rings. The lowest BCUT2D eigenvalue weighted by molar-refractivity contribution is -0.135. The van der Waals surface area contributed by atoms with Crippen molar-refractivity contribution in [3.8, 4) is 0 Å². The molecule has 1 saturated heterocycles. The summed E-state index contributed by atoms with van der Waals surface area (Å²) in [7, 11) is 0. The van der Waals surface area contributed by atoms with Gasteiger partial charge in [0.05, 0.1) is 18.2 Å². The summed E-state index contributed by atoms with van der Waals surface area (Å²) in [5.41, 5.74) is 6.01. The zero-order valence-corrected chi connectivity index (χ0v) is 11.2. The van der Waals surface area contributed by atoms with Gasteiger partial charge in [-0.1, -0.05) is 13.8 Å². The van der Waals surface area contributed by atoms with Gasteiger partial charge in [-0.2, -0.15) is 0 Å². The third kappa shape index (κ3) is 1.69. The van der Waals surface area contributed by atoms with Crippen LogP contribution in [0.1, 0.15) is 33.1 Å². The van der Waals surface area contributed by atoms with E-state index < -0.39 is 6.04 Å². The van der Waals surface area contributed by atoms with E-state index >= 15 is 0 Å². The molecule has 2 aliphatic carbocycles. The van der Waals surface area contributed by atoms with Crippen LogP contribution in [0.25, 0.3) is 0 Å². The van der Waals surface area contributed by atoms with Gasteiger partial charge in [0.2, 0.25) is 5.91 Å². The summed E-state index contributed by atoms with van der Waals surface area (Å²) in [5, 5.41) is 10.3. The zero-order chi connectivity index (χ0) is 13.0. The molecule has 2 bridgehead atoms. The second-order valence-electron chi connectivity index (χ2n) is 6.86. The van der Waals surface area contributed by atoms with Gasteiger partial charge in [-0.3, -0.25) is 4.79 Å². The number of aliphatic hydroxyl groups excluding tert-OH is 1. The maximum Gasteiger partial charge on any atom is 0.239 e. The van der Waals surface area contributed by atoms with E-state index in [-0.39, 0.29) is 18.1 Å². The average molecular weight is 252 g/mol. The van der Waals surface area contributed by atoms with Gasteiger partial charge in [-0.05, 0) is 42.9 Å². The molecular formula is C14H24N2O2. The fourth-order valence-corrected chi connectivity index (χ4v) is 4.49. The van der Waals surface area contributed by atoms with E-state index in [2.05, 4.69) is 13.8 Å².